The Bertz CT molecular complexity index is 979. The second kappa shape index (κ2) is 8.13. The Morgan fingerprint density at radius 2 is 2.04 bits per heavy atom. The third-order valence-corrected chi connectivity index (χ3v) is 4.31. The number of aryl methyl sites for hydroxylation is 1. The van der Waals surface area contributed by atoms with Gasteiger partial charge < -0.3 is 11.1 Å². The van der Waals surface area contributed by atoms with E-state index in [0.29, 0.717) is 11.2 Å². The number of aromatic nitrogens is 4. The van der Waals surface area contributed by atoms with Crippen LogP contribution in [0.15, 0.2) is 30.6 Å². The van der Waals surface area contributed by atoms with Crippen LogP contribution in [0.2, 0.25) is 0 Å². The molecule has 1 fully saturated rings. The molecule has 1 saturated carbocycles. The number of benzene rings is 1. The number of rotatable bonds is 4. The minimum Gasteiger partial charge on any atom is -0.397 e. The molecule has 2 atom stereocenters. The van der Waals surface area contributed by atoms with Crippen LogP contribution < -0.4 is 11.1 Å². The van der Waals surface area contributed by atoms with Crippen molar-refractivity contribution < 1.29 is 9.18 Å². The van der Waals surface area contributed by atoms with Crippen molar-refractivity contribution in [3.8, 4) is 11.1 Å². The standard InChI is InChI=1S/C17H17FN6O.2H2S/c1-2-24-8-11(7-20-24)9-3-10-5-15(21-17(25)12-6-13(12)18)22-23-16(10)14(19)4-9;;/h3-5,7-8,12-13H,2,6,19H2,1H3,(H,21,22,25);2*1H2/t12-,13+;;/m1../s1. The molecule has 1 amide bonds. The van der Waals surface area contributed by atoms with Gasteiger partial charge in [0, 0.05) is 23.7 Å². The first-order valence-electron chi connectivity index (χ1n) is 8.10. The van der Waals surface area contributed by atoms with E-state index in [0.717, 1.165) is 23.1 Å². The molecule has 2 aromatic heterocycles. The van der Waals surface area contributed by atoms with Crippen LogP contribution in [0.3, 0.4) is 0 Å². The number of carbonyl (C=O) groups excluding carboxylic acids is 1. The number of hydrogen-bond acceptors (Lipinski definition) is 5. The zero-order valence-electron chi connectivity index (χ0n) is 14.6. The van der Waals surface area contributed by atoms with Gasteiger partial charge in [-0.1, -0.05) is 0 Å². The molecule has 7 nitrogen and oxygen atoms in total. The number of alkyl halides is 1. The van der Waals surface area contributed by atoms with Gasteiger partial charge in [-0.15, -0.1) is 10.2 Å². The molecule has 0 saturated heterocycles. The Hall–Kier alpha value is -2.33. The van der Waals surface area contributed by atoms with E-state index in [-0.39, 0.29) is 45.1 Å². The Kier molecular flexibility index (Phi) is 6.32. The molecule has 3 N–H and O–H groups in total. The average molecular weight is 409 g/mol. The number of fused-ring (bicyclic) bond motifs is 1. The van der Waals surface area contributed by atoms with Crippen molar-refractivity contribution in [1.29, 1.82) is 0 Å². The van der Waals surface area contributed by atoms with Crippen LogP contribution in [0.5, 0.6) is 0 Å². The SMILES string of the molecule is CCn1cc(-c2cc(N)c3nnc(NC(=O)[C@@H]4C[C@@H]4F)cc3c2)cn1.S.S. The summed E-state index contributed by atoms with van der Waals surface area (Å²) in [5, 5.41) is 15.7. The highest BCUT2D eigenvalue weighted by atomic mass is 32.1. The number of nitrogens with zero attached hydrogens (tertiary/aromatic N) is 4. The van der Waals surface area contributed by atoms with Crippen molar-refractivity contribution in [3.05, 3.63) is 30.6 Å². The van der Waals surface area contributed by atoms with Gasteiger partial charge in [0.25, 0.3) is 0 Å². The normalized spacial score (nSPS) is 17.7. The van der Waals surface area contributed by atoms with E-state index in [4.69, 9.17) is 5.73 Å². The van der Waals surface area contributed by atoms with Crippen molar-refractivity contribution in [3.63, 3.8) is 0 Å². The summed E-state index contributed by atoms with van der Waals surface area (Å²) < 4.78 is 14.8. The maximum absolute atomic E-state index is 13.0. The van der Waals surface area contributed by atoms with E-state index in [1.165, 1.54) is 0 Å². The highest BCUT2D eigenvalue weighted by Crippen LogP contribution is 2.35. The van der Waals surface area contributed by atoms with Gasteiger partial charge in [0.1, 0.15) is 11.7 Å². The lowest BCUT2D eigenvalue weighted by Crippen LogP contribution is -2.16. The molecule has 27 heavy (non-hydrogen) atoms. The van der Waals surface area contributed by atoms with E-state index >= 15 is 0 Å². The molecule has 0 spiro atoms. The van der Waals surface area contributed by atoms with Crippen molar-refractivity contribution in [2.75, 3.05) is 11.1 Å². The fourth-order valence-electron chi connectivity index (χ4n) is 2.75. The van der Waals surface area contributed by atoms with Crippen molar-refractivity contribution >= 4 is 55.3 Å². The lowest BCUT2D eigenvalue weighted by Gasteiger charge is -2.07. The van der Waals surface area contributed by atoms with Gasteiger partial charge in [-0.05, 0) is 37.1 Å². The highest BCUT2D eigenvalue weighted by molar-refractivity contribution is 7.59. The van der Waals surface area contributed by atoms with Crippen LogP contribution in [0.4, 0.5) is 15.9 Å². The molecule has 1 aromatic carbocycles. The second-order valence-corrected chi connectivity index (χ2v) is 6.17. The van der Waals surface area contributed by atoms with Gasteiger partial charge >= 0.3 is 0 Å². The Balaban J connectivity index is 0.00000131. The smallest absolute Gasteiger partial charge is 0.231 e. The fourth-order valence-corrected chi connectivity index (χ4v) is 2.75. The van der Waals surface area contributed by atoms with Crippen molar-refractivity contribution in [1.82, 2.24) is 20.0 Å². The average Bonchev–Trinajstić information content (AvgIpc) is 3.14. The molecule has 3 aromatic rings. The maximum atomic E-state index is 13.0. The van der Waals surface area contributed by atoms with Crippen LogP contribution in [-0.2, 0) is 11.3 Å². The van der Waals surface area contributed by atoms with Crippen LogP contribution in [0.25, 0.3) is 22.0 Å². The fraction of sp³-hybridized carbons (Fsp3) is 0.294. The van der Waals surface area contributed by atoms with Gasteiger partial charge in [0.2, 0.25) is 5.91 Å². The lowest BCUT2D eigenvalue weighted by molar-refractivity contribution is -0.117. The Labute approximate surface area is 169 Å². The molecule has 4 rings (SSSR count). The molecule has 0 aliphatic heterocycles. The molecule has 0 radical (unpaired) electrons. The Morgan fingerprint density at radius 1 is 1.30 bits per heavy atom. The number of carbonyl (C=O) groups is 1. The third kappa shape index (κ3) is 4.16. The minimum atomic E-state index is -1.05. The third-order valence-electron chi connectivity index (χ3n) is 4.31. The summed E-state index contributed by atoms with van der Waals surface area (Å²) in [5.74, 6) is -0.652. The zero-order chi connectivity index (χ0) is 17.6. The molecule has 1 aliphatic rings. The molecule has 0 bridgehead atoms. The minimum absolute atomic E-state index is 0. The van der Waals surface area contributed by atoms with Gasteiger partial charge in [-0.25, -0.2) is 4.39 Å². The first kappa shape index (κ1) is 21.0. The van der Waals surface area contributed by atoms with Crippen LogP contribution in [0.1, 0.15) is 13.3 Å². The predicted molar refractivity (Wildman–Crippen MR) is 113 cm³/mol. The van der Waals surface area contributed by atoms with E-state index in [1.807, 2.05) is 29.9 Å². The van der Waals surface area contributed by atoms with E-state index < -0.39 is 12.1 Å². The summed E-state index contributed by atoms with van der Waals surface area (Å²) in [4.78, 5) is 11.9. The number of anilines is 2. The number of hydrogen-bond donors (Lipinski definition) is 2. The van der Waals surface area contributed by atoms with Crippen LogP contribution in [-0.4, -0.2) is 32.1 Å². The number of nitrogens with one attached hydrogen (secondary N) is 1. The lowest BCUT2D eigenvalue weighted by atomic mass is 10.1. The quantitative estimate of drug-likeness (QED) is 0.647. The first-order chi connectivity index (χ1) is 12.0. The number of nitrogen functional groups attached to an aromatic ring is 1. The molecular formula is C17H21FN6OS2. The largest absolute Gasteiger partial charge is 0.397 e. The summed E-state index contributed by atoms with van der Waals surface area (Å²) >= 11 is 0. The highest BCUT2D eigenvalue weighted by Gasteiger charge is 2.43. The number of halogens is 1. The van der Waals surface area contributed by atoms with Gasteiger partial charge in [0.05, 0.1) is 17.8 Å². The summed E-state index contributed by atoms with van der Waals surface area (Å²) in [7, 11) is 0. The maximum Gasteiger partial charge on any atom is 0.231 e. The summed E-state index contributed by atoms with van der Waals surface area (Å²) in [6.45, 7) is 2.79. The second-order valence-electron chi connectivity index (χ2n) is 6.17. The topological polar surface area (TPSA) is 98.7 Å². The molecule has 144 valence electrons. The van der Waals surface area contributed by atoms with Crippen molar-refractivity contribution in [2.45, 2.75) is 26.1 Å². The number of amides is 1. The van der Waals surface area contributed by atoms with E-state index in [2.05, 4.69) is 20.6 Å². The van der Waals surface area contributed by atoms with Crippen molar-refractivity contribution in [2.24, 2.45) is 5.92 Å². The molecule has 1 aliphatic carbocycles. The number of nitrogens with two attached hydrogens (primary N) is 1. The molecule has 0 unspecified atom stereocenters. The molecule has 10 heteroatoms. The Morgan fingerprint density at radius 3 is 2.67 bits per heavy atom. The van der Waals surface area contributed by atoms with Gasteiger partial charge in [-0.3, -0.25) is 9.48 Å². The summed E-state index contributed by atoms with van der Waals surface area (Å²) in [6.07, 6.45) is 2.93. The van der Waals surface area contributed by atoms with Crippen LogP contribution in [0, 0.1) is 5.92 Å². The first-order valence-corrected chi connectivity index (χ1v) is 8.10. The van der Waals surface area contributed by atoms with E-state index in [9.17, 15) is 9.18 Å². The van der Waals surface area contributed by atoms with Gasteiger partial charge in [-0.2, -0.15) is 32.1 Å². The van der Waals surface area contributed by atoms with Gasteiger partial charge in [0.15, 0.2) is 5.82 Å². The van der Waals surface area contributed by atoms with Crippen LogP contribution >= 0.6 is 27.0 Å². The molecule has 2 heterocycles. The summed E-state index contributed by atoms with van der Waals surface area (Å²) in [6, 6.07) is 5.44. The monoisotopic (exact) mass is 408 g/mol. The zero-order valence-corrected chi connectivity index (χ0v) is 16.6. The predicted octanol–water partition coefficient (Wildman–Crippen LogP) is 2.62. The van der Waals surface area contributed by atoms with E-state index in [1.54, 1.807) is 12.3 Å². The molecular weight excluding hydrogens is 387 g/mol. The summed E-state index contributed by atoms with van der Waals surface area (Å²) in [5.41, 5.74) is 8.99.